The van der Waals surface area contributed by atoms with E-state index < -0.39 is 0 Å². The van der Waals surface area contributed by atoms with Crippen LogP contribution in [0.4, 0.5) is 0 Å². The van der Waals surface area contributed by atoms with Crippen LogP contribution in [0, 0.1) is 5.92 Å². The van der Waals surface area contributed by atoms with Gasteiger partial charge in [-0.25, -0.2) is 4.98 Å². The Balaban J connectivity index is 1.21. The number of carbonyl (C=O) groups is 2. The van der Waals surface area contributed by atoms with Gasteiger partial charge >= 0.3 is 0 Å². The summed E-state index contributed by atoms with van der Waals surface area (Å²) < 4.78 is 0. The van der Waals surface area contributed by atoms with Crippen LogP contribution in [0.1, 0.15) is 42.0 Å². The van der Waals surface area contributed by atoms with Gasteiger partial charge in [-0.1, -0.05) is 48.5 Å². The van der Waals surface area contributed by atoms with Gasteiger partial charge in [-0.2, -0.15) is 0 Å². The highest BCUT2D eigenvalue weighted by Crippen LogP contribution is 2.24. The lowest BCUT2D eigenvalue weighted by Gasteiger charge is -2.32. The molecule has 1 unspecified atom stereocenters. The zero-order chi connectivity index (χ0) is 22.1. The quantitative estimate of drug-likeness (QED) is 0.506. The Kier molecular flexibility index (Phi) is 5.35. The van der Waals surface area contributed by atoms with Crippen molar-refractivity contribution in [3.05, 3.63) is 78.1 Å². The number of fused-ring (bicyclic) bond motifs is 2. The van der Waals surface area contributed by atoms with Crippen LogP contribution >= 0.6 is 0 Å². The molecule has 2 amide bonds. The second-order valence-electron chi connectivity index (χ2n) is 8.46. The first-order valence-electron chi connectivity index (χ1n) is 11.1. The molecule has 1 aromatic heterocycles. The summed E-state index contributed by atoms with van der Waals surface area (Å²) in [5.41, 5.74) is 2.58. The van der Waals surface area contributed by atoms with Gasteiger partial charge in [0.25, 0.3) is 5.91 Å². The van der Waals surface area contributed by atoms with Crippen LogP contribution in [-0.4, -0.2) is 39.8 Å². The van der Waals surface area contributed by atoms with Gasteiger partial charge in [0.1, 0.15) is 5.82 Å². The second kappa shape index (κ2) is 8.46. The Morgan fingerprint density at radius 3 is 2.53 bits per heavy atom. The lowest BCUT2D eigenvalue weighted by atomic mass is 9.94. The summed E-state index contributed by atoms with van der Waals surface area (Å²) in [6, 6.07) is 21.4. The summed E-state index contributed by atoms with van der Waals surface area (Å²) in [6.45, 7) is 3.10. The number of hydrogen-bond acceptors (Lipinski definition) is 3. The highest BCUT2D eigenvalue weighted by molar-refractivity contribution is 6.07. The first-order valence-corrected chi connectivity index (χ1v) is 11.1. The van der Waals surface area contributed by atoms with E-state index in [1.807, 2.05) is 78.6 Å². The van der Waals surface area contributed by atoms with Gasteiger partial charge in [0, 0.05) is 24.6 Å². The summed E-state index contributed by atoms with van der Waals surface area (Å²) in [4.78, 5) is 35.7. The number of likely N-dealkylation sites (tertiary alicyclic amines) is 1. The third-order valence-corrected chi connectivity index (χ3v) is 6.35. The number of rotatable bonds is 4. The summed E-state index contributed by atoms with van der Waals surface area (Å²) in [5.74, 6) is 0.716. The second-order valence-corrected chi connectivity index (χ2v) is 8.46. The van der Waals surface area contributed by atoms with Crippen molar-refractivity contribution in [3.8, 4) is 0 Å². The molecule has 1 saturated heterocycles. The highest BCUT2D eigenvalue weighted by Gasteiger charge is 2.29. The fraction of sp³-hybridized carbons (Fsp3) is 0.269. The number of carbonyl (C=O) groups excluding carboxylic acids is 2. The Labute approximate surface area is 186 Å². The van der Waals surface area contributed by atoms with Gasteiger partial charge < -0.3 is 15.2 Å². The number of aromatic nitrogens is 2. The monoisotopic (exact) mass is 426 g/mol. The molecule has 2 heterocycles. The highest BCUT2D eigenvalue weighted by atomic mass is 16.2. The topological polar surface area (TPSA) is 78.1 Å². The van der Waals surface area contributed by atoms with Crippen molar-refractivity contribution >= 4 is 33.6 Å². The summed E-state index contributed by atoms with van der Waals surface area (Å²) in [6.07, 6.45) is 1.32. The Bertz CT molecular complexity index is 1250. The van der Waals surface area contributed by atoms with E-state index in [0.717, 1.165) is 33.2 Å². The maximum absolute atomic E-state index is 13.2. The van der Waals surface area contributed by atoms with Crippen molar-refractivity contribution in [1.82, 2.24) is 20.2 Å². The molecule has 5 rings (SSSR count). The molecule has 1 aliphatic heterocycles. The zero-order valence-corrected chi connectivity index (χ0v) is 18.0. The number of nitrogens with zero attached hydrogens (tertiary/aromatic N) is 2. The van der Waals surface area contributed by atoms with Gasteiger partial charge in [-0.15, -0.1) is 0 Å². The van der Waals surface area contributed by atoms with Crippen molar-refractivity contribution in [2.75, 3.05) is 13.1 Å². The van der Waals surface area contributed by atoms with Crippen molar-refractivity contribution in [2.45, 2.75) is 25.8 Å². The van der Waals surface area contributed by atoms with Crippen molar-refractivity contribution in [3.63, 3.8) is 0 Å². The number of para-hydroxylation sites is 2. The molecule has 162 valence electrons. The van der Waals surface area contributed by atoms with Gasteiger partial charge in [-0.05, 0) is 48.7 Å². The average molecular weight is 427 g/mol. The molecule has 1 aliphatic rings. The van der Waals surface area contributed by atoms with Crippen LogP contribution in [0.15, 0.2) is 66.7 Å². The van der Waals surface area contributed by atoms with E-state index in [0.29, 0.717) is 25.9 Å². The molecule has 0 saturated carbocycles. The van der Waals surface area contributed by atoms with Gasteiger partial charge in [0.05, 0.1) is 17.1 Å². The van der Waals surface area contributed by atoms with Crippen LogP contribution < -0.4 is 5.32 Å². The predicted molar refractivity (Wildman–Crippen MR) is 125 cm³/mol. The standard InChI is InChI=1S/C26H26N4O2/c1-17(24-28-22-11-4-5-12-23(22)29-24)27-25(31)19-13-15-30(16-14-19)26(32)21-10-6-8-18-7-2-3-9-20(18)21/h2-12,17,19H,13-16H2,1H3,(H,27,31)(H,28,29). The van der Waals surface area contributed by atoms with Gasteiger partial charge in [0.15, 0.2) is 0 Å². The fourth-order valence-corrected chi connectivity index (χ4v) is 4.50. The summed E-state index contributed by atoms with van der Waals surface area (Å²) in [5, 5.41) is 5.12. The number of piperidine rings is 1. The van der Waals surface area contributed by atoms with E-state index in [-0.39, 0.29) is 23.8 Å². The van der Waals surface area contributed by atoms with E-state index in [1.165, 1.54) is 0 Å². The third-order valence-electron chi connectivity index (χ3n) is 6.35. The molecule has 3 aromatic carbocycles. The Morgan fingerprint density at radius 2 is 1.72 bits per heavy atom. The summed E-state index contributed by atoms with van der Waals surface area (Å²) in [7, 11) is 0. The van der Waals surface area contributed by atoms with Crippen LogP contribution in [0.2, 0.25) is 0 Å². The molecule has 0 bridgehead atoms. The molecule has 1 atom stereocenters. The van der Waals surface area contributed by atoms with E-state index in [1.54, 1.807) is 0 Å². The molecule has 0 radical (unpaired) electrons. The first kappa shape index (κ1) is 20.2. The van der Waals surface area contributed by atoms with Crippen molar-refractivity contribution in [1.29, 1.82) is 0 Å². The largest absolute Gasteiger partial charge is 0.346 e. The van der Waals surface area contributed by atoms with E-state index in [9.17, 15) is 9.59 Å². The molecule has 0 aliphatic carbocycles. The van der Waals surface area contributed by atoms with Crippen LogP contribution in [-0.2, 0) is 4.79 Å². The number of nitrogens with one attached hydrogen (secondary N) is 2. The van der Waals surface area contributed by atoms with E-state index >= 15 is 0 Å². The molecule has 32 heavy (non-hydrogen) atoms. The number of aromatic amines is 1. The molecule has 4 aromatic rings. The van der Waals surface area contributed by atoms with Crippen molar-refractivity contribution in [2.24, 2.45) is 5.92 Å². The van der Waals surface area contributed by atoms with Crippen molar-refractivity contribution < 1.29 is 9.59 Å². The minimum Gasteiger partial charge on any atom is -0.346 e. The maximum atomic E-state index is 13.2. The van der Waals surface area contributed by atoms with Gasteiger partial charge in [0.2, 0.25) is 5.91 Å². The minimum absolute atomic E-state index is 0.0233. The molecule has 2 N–H and O–H groups in total. The van der Waals surface area contributed by atoms with Crippen LogP contribution in [0.5, 0.6) is 0 Å². The molecular weight excluding hydrogens is 400 g/mol. The average Bonchev–Trinajstić information content (AvgIpc) is 3.28. The lowest BCUT2D eigenvalue weighted by Crippen LogP contribution is -2.43. The van der Waals surface area contributed by atoms with Crippen LogP contribution in [0.25, 0.3) is 21.8 Å². The molecule has 6 nitrogen and oxygen atoms in total. The molecular formula is C26H26N4O2. The number of benzene rings is 3. The Hall–Kier alpha value is -3.67. The minimum atomic E-state index is -0.203. The van der Waals surface area contributed by atoms with E-state index in [2.05, 4.69) is 15.3 Å². The SMILES string of the molecule is CC(NC(=O)C1CCN(C(=O)c2cccc3ccccc23)CC1)c1nc2ccccc2[nH]1. The normalized spacial score (nSPS) is 15.7. The maximum Gasteiger partial charge on any atom is 0.254 e. The first-order chi connectivity index (χ1) is 15.6. The van der Waals surface area contributed by atoms with Crippen LogP contribution in [0.3, 0.4) is 0 Å². The third kappa shape index (κ3) is 3.84. The number of imidazole rings is 1. The summed E-state index contributed by atoms with van der Waals surface area (Å²) >= 11 is 0. The zero-order valence-electron chi connectivity index (χ0n) is 18.0. The molecule has 1 fully saturated rings. The predicted octanol–water partition coefficient (Wildman–Crippen LogP) is 4.45. The molecule has 0 spiro atoms. The number of hydrogen-bond donors (Lipinski definition) is 2. The lowest BCUT2D eigenvalue weighted by molar-refractivity contribution is -0.127. The smallest absolute Gasteiger partial charge is 0.254 e. The number of H-pyrrole nitrogens is 1. The Morgan fingerprint density at radius 1 is 1.00 bits per heavy atom. The van der Waals surface area contributed by atoms with E-state index in [4.69, 9.17) is 0 Å². The van der Waals surface area contributed by atoms with Gasteiger partial charge in [-0.3, -0.25) is 9.59 Å². The molecule has 6 heteroatoms. The fourth-order valence-electron chi connectivity index (χ4n) is 4.50. The number of amides is 2.